The lowest BCUT2D eigenvalue weighted by atomic mass is 10.3. The molecule has 1 nitrogen and oxygen atoms in total. The summed E-state index contributed by atoms with van der Waals surface area (Å²) in [4.78, 5) is 0.753. The van der Waals surface area contributed by atoms with Gasteiger partial charge in [-0.25, -0.2) is 0 Å². The highest BCUT2D eigenvalue weighted by molar-refractivity contribution is 7.80. The first-order valence-corrected chi connectivity index (χ1v) is 2.66. The maximum atomic E-state index is 8.71. The number of rotatable bonds is 0. The van der Waals surface area contributed by atoms with E-state index in [0.717, 1.165) is 4.90 Å². The second-order valence-electron chi connectivity index (χ2n) is 1.49. The van der Waals surface area contributed by atoms with E-state index in [9.17, 15) is 0 Å². The van der Waals surface area contributed by atoms with Crippen LogP contribution in [0.1, 0.15) is 0 Å². The Labute approximate surface area is 77.0 Å². The molecule has 0 aliphatic carbocycles. The number of benzene rings is 1. The van der Waals surface area contributed by atoms with Crippen LogP contribution in [-0.2, 0) is 0 Å². The maximum absolute atomic E-state index is 8.71. The van der Waals surface area contributed by atoms with Crippen molar-refractivity contribution in [2.24, 2.45) is 0 Å². The highest BCUT2D eigenvalue weighted by Gasteiger charge is 1.83. The van der Waals surface area contributed by atoms with Gasteiger partial charge in [0.1, 0.15) is 5.75 Å². The molecule has 0 spiro atoms. The molecule has 1 rings (SSSR count). The van der Waals surface area contributed by atoms with Gasteiger partial charge in [0.15, 0.2) is 0 Å². The smallest absolute Gasteiger partial charge is 0.115 e. The zero-order valence-corrected chi connectivity index (χ0v) is 7.02. The van der Waals surface area contributed by atoms with Gasteiger partial charge in [0.25, 0.3) is 0 Å². The molecule has 0 aromatic heterocycles. The summed E-state index contributed by atoms with van der Waals surface area (Å²) in [6, 6.07) is 6.51. The van der Waals surface area contributed by atoms with Crippen LogP contribution in [0.15, 0.2) is 29.2 Å². The molecule has 0 saturated heterocycles. The fraction of sp³-hybridized carbons (Fsp3) is 0. The van der Waals surface area contributed by atoms with E-state index < -0.39 is 0 Å². The summed E-state index contributed by atoms with van der Waals surface area (Å²) in [6.45, 7) is 0. The minimum absolute atomic E-state index is 0. The third-order valence-corrected chi connectivity index (χ3v) is 1.11. The van der Waals surface area contributed by atoms with Crippen LogP contribution < -0.4 is 0 Å². The minimum atomic E-state index is 0. The molecule has 1 N–H and O–H groups in total. The largest absolute Gasteiger partial charge is 0.508 e. The molecule has 13 heavy (non-hydrogen) atoms. The van der Waals surface area contributed by atoms with Gasteiger partial charge in [-0.05, 0) is 24.3 Å². The zero-order valence-electron chi connectivity index (χ0n) is 6.21. The standard InChI is InChI=1S/C6H5OS.5FH/c7-5-1-3-6(8)4-2-5;;;;;/h1-4,7H;5*1H. The van der Waals surface area contributed by atoms with Crippen LogP contribution in [0.3, 0.4) is 0 Å². The molecular formula is C6H10F5OS. The average Bonchev–Trinajstić information content (AvgIpc) is 1.77. The summed E-state index contributed by atoms with van der Waals surface area (Å²) >= 11 is 4.76. The molecule has 7 heteroatoms. The lowest BCUT2D eigenvalue weighted by Gasteiger charge is -1.87. The molecule has 0 amide bonds. The van der Waals surface area contributed by atoms with Gasteiger partial charge >= 0.3 is 0 Å². The molecule has 81 valence electrons. The van der Waals surface area contributed by atoms with Gasteiger partial charge in [-0.15, -0.1) is 0 Å². The molecule has 0 saturated carbocycles. The van der Waals surface area contributed by atoms with Crippen molar-refractivity contribution in [2.75, 3.05) is 0 Å². The van der Waals surface area contributed by atoms with Crippen LogP contribution >= 0.6 is 12.6 Å². The van der Waals surface area contributed by atoms with Crippen molar-refractivity contribution in [2.45, 2.75) is 4.90 Å². The maximum Gasteiger partial charge on any atom is 0.115 e. The predicted molar refractivity (Wildman–Crippen MR) is 46.5 cm³/mol. The Kier molecular flexibility index (Phi) is 30.8. The van der Waals surface area contributed by atoms with Crippen molar-refractivity contribution in [1.82, 2.24) is 0 Å². The number of hydrogen-bond donors (Lipinski definition) is 1. The molecule has 1 aromatic carbocycles. The third-order valence-electron chi connectivity index (χ3n) is 0.837. The van der Waals surface area contributed by atoms with E-state index in [4.69, 9.17) is 17.7 Å². The molecule has 0 fully saturated rings. The summed E-state index contributed by atoms with van der Waals surface area (Å²) < 4.78 is 0. The second-order valence-corrected chi connectivity index (χ2v) is 1.97. The van der Waals surface area contributed by atoms with Crippen molar-refractivity contribution in [3.8, 4) is 5.75 Å². The Morgan fingerprint density at radius 1 is 0.769 bits per heavy atom. The normalized spacial score (nSPS) is 5.54. The Bertz CT molecular complexity index is 160. The molecule has 0 heterocycles. The van der Waals surface area contributed by atoms with E-state index in [1.165, 1.54) is 0 Å². The lowest BCUT2D eigenvalue weighted by Crippen LogP contribution is -1.62. The molecule has 1 radical (unpaired) electrons. The number of halogens is 5. The van der Waals surface area contributed by atoms with Gasteiger partial charge < -0.3 is 5.11 Å². The van der Waals surface area contributed by atoms with Crippen LogP contribution in [-0.4, -0.2) is 5.11 Å². The van der Waals surface area contributed by atoms with Crippen molar-refractivity contribution in [3.05, 3.63) is 24.3 Å². The number of hydrogen-bond acceptors (Lipinski definition) is 1. The highest BCUT2D eigenvalue weighted by Crippen LogP contribution is 2.11. The molecule has 0 aliphatic heterocycles. The van der Waals surface area contributed by atoms with E-state index in [0.29, 0.717) is 0 Å². The Balaban J connectivity index is -0.0000000427. The van der Waals surface area contributed by atoms with E-state index in [-0.39, 0.29) is 29.3 Å². The summed E-state index contributed by atoms with van der Waals surface area (Å²) in [6.07, 6.45) is 0. The number of aromatic hydroxyl groups is 1. The predicted octanol–water partition coefficient (Wildman–Crippen LogP) is 2.71. The first-order chi connectivity index (χ1) is 3.79. The Hall–Kier alpha value is -1.11. The monoisotopic (exact) mass is 225 g/mol. The van der Waals surface area contributed by atoms with Gasteiger partial charge in [-0.2, -0.15) is 0 Å². The minimum Gasteiger partial charge on any atom is -0.508 e. The molecule has 0 atom stereocenters. The van der Waals surface area contributed by atoms with Crippen molar-refractivity contribution in [3.63, 3.8) is 0 Å². The summed E-state index contributed by atoms with van der Waals surface area (Å²) in [7, 11) is 0. The lowest BCUT2D eigenvalue weighted by molar-refractivity contribution is 0.475. The molecule has 0 bridgehead atoms. The first kappa shape index (κ1) is 29.7. The molecule has 0 aliphatic rings. The Morgan fingerprint density at radius 3 is 1.31 bits per heavy atom. The summed E-state index contributed by atoms with van der Waals surface area (Å²) in [5.41, 5.74) is 0. The molecule has 0 unspecified atom stereocenters. The third kappa shape index (κ3) is 10.9. The van der Waals surface area contributed by atoms with Gasteiger partial charge in [0, 0.05) is 4.90 Å². The van der Waals surface area contributed by atoms with E-state index >= 15 is 0 Å². The fourth-order valence-electron chi connectivity index (χ4n) is 0.446. The Morgan fingerprint density at radius 2 is 1.08 bits per heavy atom. The van der Waals surface area contributed by atoms with E-state index in [1.807, 2.05) is 0 Å². The first-order valence-electron chi connectivity index (χ1n) is 2.25. The van der Waals surface area contributed by atoms with Crippen LogP contribution in [0.4, 0.5) is 23.5 Å². The quantitative estimate of drug-likeness (QED) is 0.673. The van der Waals surface area contributed by atoms with Crippen LogP contribution in [0.5, 0.6) is 5.75 Å². The van der Waals surface area contributed by atoms with Gasteiger partial charge in [0.2, 0.25) is 0 Å². The summed E-state index contributed by atoms with van der Waals surface area (Å²) in [5.74, 6) is 0.263. The summed E-state index contributed by atoms with van der Waals surface area (Å²) in [5, 5.41) is 8.71. The van der Waals surface area contributed by atoms with Crippen molar-refractivity contribution < 1.29 is 28.6 Å². The van der Waals surface area contributed by atoms with Gasteiger partial charge in [-0.3, -0.25) is 23.5 Å². The van der Waals surface area contributed by atoms with E-state index in [1.54, 1.807) is 24.3 Å². The van der Waals surface area contributed by atoms with Crippen LogP contribution in [0, 0.1) is 0 Å². The number of phenols is 1. The van der Waals surface area contributed by atoms with E-state index in [2.05, 4.69) is 0 Å². The van der Waals surface area contributed by atoms with Gasteiger partial charge in [-0.1, -0.05) is 12.6 Å². The van der Waals surface area contributed by atoms with Crippen molar-refractivity contribution >= 4 is 12.6 Å². The second kappa shape index (κ2) is 13.5. The zero-order chi connectivity index (χ0) is 5.98. The SMILES string of the molecule is F.F.F.F.F.Oc1ccc([S])cc1. The molecule has 1 aromatic rings. The highest BCUT2D eigenvalue weighted by atomic mass is 32.1. The average molecular weight is 225 g/mol. The number of phenolic OH excluding ortho intramolecular Hbond substituents is 1. The van der Waals surface area contributed by atoms with Gasteiger partial charge in [0.05, 0.1) is 0 Å². The molecular weight excluding hydrogens is 215 g/mol. The topological polar surface area (TPSA) is 20.2 Å². The fourth-order valence-corrected chi connectivity index (χ4v) is 0.582. The van der Waals surface area contributed by atoms with Crippen LogP contribution in [0.25, 0.3) is 0 Å². The van der Waals surface area contributed by atoms with Crippen LogP contribution in [0.2, 0.25) is 0 Å². The van der Waals surface area contributed by atoms with Crippen molar-refractivity contribution in [1.29, 1.82) is 0 Å².